The lowest BCUT2D eigenvalue weighted by Gasteiger charge is -2.24. The minimum atomic E-state index is -0.749. The maximum atomic E-state index is 13.8. The fourth-order valence-electron chi connectivity index (χ4n) is 4.91. The zero-order valence-electron chi connectivity index (χ0n) is 23.8. The molecule has 0 aliphatic carbocycles. The molecule has 2 aromatic heterocycles. The van der Waals surface area contributed by atoms with Gasteiger partial charge in [-0.2, -0.15) is 0 Å². The monoisotopic (exact) mass is 587 g/mol. The lowest BCUT2D eigenvalue weighted by atomic mass is 9.96. The number of aryl methyl sites for hydroxylation is 1. The summed E-state index contributed by atoms with van der Waals surface area (Å²) < 4.78 is 18.8. The van der Waals surface area contributed by atoms with Crippen molar-refractivity contribution in [1.29, 1.82) is 0 Å². The van der Waals surface area contributed by atoms with Gasteiger partial charge >= 0.3 is 5.97 Å². The first-order chi connectivity index (χ1) is 20.1. The Morgan fingerprint density at radius 1 is 1.12 bits per heavy atom. The van der Waals surface area contributed by atoms with Crippen molar-refractivity contribution in [2.45, 2.75) is 40.7 Å². The Balaban J connectivity index is 1.61. The van der Waals surface area contributed by atoms with Crippen LogP contribution in [0.4, 0.5) is 5.69 Å². The summed E-state index contributed by atoms with van der Waals surface area (Å²) in [4.78, 5) is 43.1. The van der Waals surface area contributed by atoms with Crippen LogP contribution >= 0.6 is 11.3 Å². The van der Waals surface area contributed by atoms with Gasteiger partial charge in [0.2, 0.25) is 0 Å². The first-order valence-corrected chi connectivity index (χ1v) is 14.2. The summed E-state index contributed by atoms with van der Waals surface area (Å²) in [6.07, 6.45) is 1.61. The second-order valence-corrected chi connectivity index (χ2v) is 10.7. The Labute approximate surface area is 245 Å². The van der Waals surface area contributed by atoms with Crippen molar-refractivity contribution in [2.75, 3.05) is 13.2 Å². The van der Waals surface area contributed by atoms with E-state index in [-0.39, 0.29) is 23.4 Å². The molecule has 0 spiro atoms. The van der Waals surface area contributed by atoms with Crippen LogP contribution in [0.25, 0.3) is 17.4 Å². The summed E-state index contributed by atoms with van der Waals surface area (Å²) in [6.45, 7) is 9.56. The van der Waals surface area contributed by atoms with Gasteiger partial charge in [0.15, 0.2) is 4.80 Å². The molecular formula is C31H29N3O7S. The Morgan fingerprint density at radius 3 is 2.52 bits per heavy atom. The van der Waals surface area contributed by atoms with Crippen LogP contribution in [0.1, 0.15) is 49.3 Å². The van der Waals surface area contributed by atoms with E-state index >= 15 is 0 Å². The molecule has 10 nitrogen and oxygen atoms in total. The highest BCUT2D eigenvalue weighted by molar-refractivity contribution is 7.07. The van der Waals surface area contributed by atoms with E-state index in [1.165, 1.54) is 22.0 Å². The van der Waals surface area contributed by atoms with Gasteiger partial charge in [0.05, 0.1) is 40.0 Å². The third-order valence-electron chi connectivity index (χ3n) is 7.05. The number of benzene rings is 2. The molecule has 1 aliphatic rings. The number of fused-ring (bicyclic) bond motifs is 1. The normalized spacial score (nSPS) is 14.9. The standard InChI is InChI=1S/C31H29N3O7S/c1-6-39-22-10-8-20(9-11-22)28-27(30(36)40-7-2)19(5)32-31-33(28)29(35)26(42-31)16-23-12-13-25(41-23)21-14-17(3)18(4)24(15-21)34(37)38/h8-16,28H,6-7H2,1-5H3/b26-16-/t28-/m0/s1. The van der Waals surface area contributed by atoms with Gasteiger partial charge in [0.25, 0.3) is 11.2 Å². The van der Waals surface area contributed by atoms with E-state index in [2.05, 4.69) is 4.99 Å². The van der Waals surface area contributed by atoms with E-state index in [0.29, 0.717) is 55.6 Å². The van der Waals surface area contributed by atoms with Crippen molar-refractivity contribution in [3.63, 3.8) is 0 Å². The van der Waals surface area contributed by atoms with Crippen molar-refractivity contribution in [3.05, 3.63) is 112 Å². The zero-order valence-corrected chi connectivity index (χ0v) is 24.6. The van der Waals surface area contributed by atoms with Crippen LogP contribution < -0.4 is 19.6 Å². The first kappa shape index (κ1) is 28.7. The van der Waals surface area contributed by atoms with Crippen LogP contribution in [0.2, 0.25) is 0 Å². The van der Waals surface area contributed by atoms with Crippen molar-refractivity contribution in [1.82, 2.24) is 4.57 Å². The largest absolute Gasteiger partial charge is 0.494 e. The van der Waals surface area contributed by atoms with E-state index in [1.54, 1.807) is 51.1 Å². The van der Waals surface area contributed by atoms with E-state index < -0.39 is 16.9 Å². The van der Waals surface area contributed by atoms with Gasteiger partial charge in [0.1, 0.15) is 17.3 Å². The summed E-state index contributed by atoms with van der Waals surface area (Å²) in [6, 6.07) is 13.2. The molecule has 3 heterocycles. The molecule has 0 saturated carbocycles. The summed E-state index contributed by atoms with van der Waals surface area (Å²) in [5.41, 5.74) is 3.07. The molecule has 11 heteroatoms. The van der Waals surface area contributed by atoms with Crippen molar-refractivity contribution >= 4 is 29.1 Å². The number of ether oxygens (including phenoxy) is 2. The van der Waals surface area contributed by atoms with Crippen LogP contribution in [0.3, 0.4) is 0 Å². The fraction of sp³-hybridized carbons (Fsp3) is 0.258. The number of nitrogens with zero attached hydrogens (tertiary/aromatic N) is 3. The van der Waals surface area contributed by atoms with Crippen molar-refractivity contribution in [2.24, 2.45) is 4.99 Å². The van der Waals surface area contributed by atoms with E-state index in [1.807, 2.05) is 32.0 Å². The number of furan rings is 1. The molecule has 0 radical (unpaired) electrons. The summed E-state index contributed by atoms with van der Waals surface area (Å²) in [7, 11) is 0. The van der Waals surface area contributed by atoms with Crippen LogP contribution in [0.5, 0.6) is 5.75 Å². The van der Waals surface area contributed by atoms with Gasteiger partial charge in [-0.25, -0.2) is 9.79 Å². The molecule has 216 valence electrons. The Bertz CT molecular complexity index is 1910. The quantitative estimate of drug-likeness (QED) is 0.162. The number of thiazole rings is 1. The number of hydrogen-bond acceptors (Lipinski definition) is 9. The molecule has 0 N–H and O–H groups in total. The molecule has 4 aromatic rings. The number of allylic oxidation sites excluding steroid dienone is 1. The maximum Gasteiger partial charge on any atom is 0.338 e. The van der Waals surface area contributed by atoms with Gasteiger partial charge in [-0.05, 0) is 76.1 Å². The third-order valence-corrected chi connectivity index (χ3v) is 8.03. The van der Waals surface area contributed by atoms with Gasteiger partial charge in [0, 0.05) is 23.3 Å². The molecule has 5 rings (SSSR count). The van der Waals surface area contributed by atoms with Gasteiger partial charge in [-0.1, -0.05) is 23.5 Å². The van der Waals surface area contributed by atoms with Crippen LogP contribution in [0.15, 0.2) is 74.0 Å². The number of carbonyl (C=O) groups is 1. The van der Waals surface area contributed by atoms with Gasteiger partial charge in [-0.15, -0.1) is 0 Å². The molecule has 0 unspecified atom stereocenters. The molecule has 1 atom stereocenters. The number of rotatable bonds is 8. The SMILES string of the molecule is CCOC(=O)C1=C(C)N=c2s/c(=C\c3ccc(-c4cc(C)c(C)c([N+](=O)[O-])c4)o3)c(=O)n2[C@H]1c1ccc(OCC)cc1. The number of aromatic nitrogens is 1. The first-order valence-electron chi connectivity index (χ1n) is 13.4. The number of nitro groups is 1. The van der Waals surface area contributed by atoms with Crippen LogP contribution in [0, 0.1) is 24.0 Å². The minimum absolute atomic E-state index is 0.0123. The van der Waals surface area contributed by atoms with Gasteiger partial charge < -0.3 is 13.9 Å². The topological polar surface area (TPSA) is 126 Å². The second kappa shape index (κ2) is 11.6. The predicted octanol–water partition coefficient (Wildman–Crippen LogP) is 4.98. The highest BCUT2D eigenvalue weighted by Gasteiger charge is 2.33. The molecule has 0 fully saturated rings. The molecule has 0 saturated heterocycles. The summed E-state index contributed by atoms with van der Waals surface area (Å²) in [5, 5.41) is 11.5. The van der Waals surface area contributed by atoms with Crippen LogP contribution in [-0.4, -0.2) is 28.7 Å². The molecule has 2 aromatic carbocycles. The van der Waals surface area contributed by atoms with Crippen molar-refractivity contribution < 1.29 is 23.6 Å². The fourth-order valence-corrected chi connectivity index (χ4v) is 5.93. The smallest absolute Gasteiger partial charge is 0.338 e. The second-order valence-electron chi connectivity index (χ2n) is 9.70. The van der Waals surface area contributed by atoms with E-state index in [9.17, 15) is 19.7 Å². The molecule has 0 bridgehead atoms. The Hall–Kier alpha value is -4.77. The highest BCUT2D eigenvalue weighted by atomic mass is 32.1. The molecular weight excluding hydrogens is 558 g/mol. The average molecular weight is 588 g/mol. The molecule has 0 amide bonds. The predicted molar refractivity (Wildman–Crippen MR) is 158 cm³/mol. The summed E-state index contributed by atoms with van der Waals surface area (Å²) in [5.74, 6) is 0.975. The molecule has 1 aliphatic heterocycles. The third kappa shape index (κ3) is 5.30. The molecule has 42 heavy (non-hydrogen) atoms. The average Bonchev–Trinajstić information content (AvgIpc) is 3.54. The Morgan fingerprint density at radius 2 is 1.86 bits per heavy atom. The maximum absolute atomic E-state index is 13.8. The Kier molecular flexibility index (Phi) is 7.95. The zero-order chi connectivity index (χ0) is 30.1. The summed E-state index contributed by atoms with van der Waals surface area (Å²) >= 11 is 1.18. The number of esters is 1. The van der Waals surface area contributed by atoms with E-state index in [4.69, 9.17) is 13.9 Å². The lowest BCUT2D eigenvalue weighted by molar-refractivity contribution is -0.385. The number of hydrogen-bond donors (Lipinski definition) is 0. The number of carbonyl (C=O) groups excluding carboxylic acids is 1. The van der Waals surface area contributed by atoms with E-state index in [0.717, 1.165) is 5.56 Å². The minimum Gasteiger partial charge on any atom is -0.494 e. The highest BCUT2D eigenvalue weighted by Crippen LogP contribution is 2.33. The van der Waals surface area contributed by atoms with Gasteiger partial charge in [-0.3, -0.25) is 19.5 Å². The van der Waals surface area contributed by atoms with Crippen LogP contribution in [-0.2, 0) is 9.53 Å². The lowest BCUT2D eigenvalue weighted by Crippen LogP contribution is -2.39. The number of nitro benzene ring substituents is 1. The van der Waals surface area contributed by atoms with Crippen molar-refractivity contribution in [3.8, 4) is 17.1 Å².